The van der Waals surface area contributed by atoms with Crippen LogP contribution in [0, 0.1) is 0 Å². The van der Waals surface area contributed by atoms with Gasteiger partial charge in [-0.2, -0.15) is 5.10 Å². The van der Waals surface area contributed by atoms with Gasteiger partial charge in [-0.1, -0.05) is 23.7 Å². The molecule has 15 heavy (non-hydrogen) atoms. The van der Waals surface area contributed by atoms with Crippen LogP contribution in [0.25, 0.3) is 0 Å². The molecule has 1 heterocycles. The lowest BCUT2D eigenvalue weighted by molar-refractivity contribution is 0.692. The first kappa shape index (κ1) is 10.2. The highest BCUT2D eigenvalue weighted by Gasteiger charge is 2.12. The Morgan fingerprint density at radius 1 is 1.27 bits per heavy atom. The van der Waals surface area contributed by atoms with E-state index in [0.29, 0.717) is 0 Å². The van der Waals surface area contributed by atoms with Crippen molar-refractivity contribution in [3.8, 4) is 0 Å². The number of nitrogens with zero attached hydrogens (tertiary/aromatic N) is 1. The second kappa shape index (κ2) is 4.47. The quantitative estimate of drug-likeness (QED) is 0.836. The Hall–Kier alpha value is -1.32. The second-order valence-electron chi connectivity index (χ2n) is 3.30. The zero-order chi connectivity index (χ0) is 10.7. The molecule has 0 aliphatic carbocycles. The summed E-state index contributed by atoms with van der Waals surface area (Å²) in [4.78, 5) is 0. The average Bonchev–Trinajstić information content (AvgIpc) is 2.75. The predicted molar refractivity (Wildman–Crippen MR) is 60.9 cm³/mol. The number of benzene rings is 1. The first-order valence-corrected chi connectivity index (χ1v) is 5.10. The van der Waals surface area contributed by atoms with Crippen molar-refractivity contribution in [2.75, 3.05) is 7.05 Å². The third-order valence-corrected chi connectivity index (χ3v) is 2.60. The monoisotopic (exact) mass is 221 g/mol. The van der Waals surface area contributed by atoms with Crippen LogP contribution in [0.1, 0.15) is 17.2 Å². The highest BCUT2D eigenvalue weighted by molar-refractivity contribution is 6.30. The van der Waals surface area contributed by atoms with E-state index in [4.69, 9.17) is 11.6 Å². The standard InChI is InChI=1S/C11H12ClN3/c1-13-11(9-6-14-15-7-9)8-2-4-10(12)5-3-8/h2-7,11,13H,1H3,(H,14,15). The smallest absolute Gasteiger partial charge is 0.0605 e. The molecule has 1 aromatic heterocycles. The van der Waals surface area contributed by atoms with E-state index in [1.807, 2.05) is 43.7 Å². The highest BCUT2D eigenvalue weighted by atomic mass is 35.5. The molecule has 0 fully saturated rings. The number of nitrogens with one attached hydrogen (secondary N) is 2. The number of rotatable bonds is 3. The number of halogens is 1. The van der Waals surface area contributed by atoms with Gasteiger partial charge >= 0.3 is 0 Å². The van der Waals surface area contributed by atoms with Gasteiger partial charge in [0, 0.05) is 16.8 Å². The molecule has 1 unspecified atom stereocenters. The van der Waals surface area contributed by atoms with Crippen LogP contribution in [0.3, 0.4) is 0 Å². The molecule has 0 aliphatic rings. The SMILES string of the molecule is CNC(c1ccc(Cl)cc1)c1cn[nH]c1. The summed E-state index contributed by atoms with van der Waals surface area (Å²) in [6.45, 7) is 0. The molecule has 0 bridgehead atoms. The molecule has 78 valence electrons. The minimum atomic E-state index is 0.154. The second-order valence-corrected chi connectivity index (χ2v) is 3.74. The van der Waals surface area contributed by atoms with Crippen molar-refractivity contribution in [1.29, 1.82) is 0 Å². The van der Waals surface area contributed by atoms with Gasteiger partial charge in [0.2, 0.25) is 0 Å². The van der Waals surface area contributed by atoms with Crippen molar-refractivity contribution in [3.63, 3.8) is 0 Å². The van der Waals surface area contributed by atoms with E-state index in [9.17, 15) is 0 Å². The van der Waals surface area contributed by atoms with Gasteiger partial charge in [0.05, 0.1) is 12.2 Å². The van der Waals surface area contributed by atoms with Gasteiger partial charge < -0.3 is 5.32 Å². The third kappa shape index (κ3) is 2.19. The van der Waals surface area contributed by atoms with Crippen LogP contribution in [0.5, 0.6) is 0 Å². The fourth-order valence-electron chi connectivity index (χ4n) is 1.60. The molecule has 1 aromatic carbocycles. The van der Waals surface area contributed by atoms with Crippen molar-refractivity contribution >= 4 is 11.6 Å². The van der Waals surface area contributed by atoms with Gasteiger partial charge in [0.15, 0.2) is 0 Å². The Morgan fingerprint density at radius 3 is 2.53 bits per heavy atom. The van der Waals surface area contributed by atoms with E-state index in [-0.39, 0.29) is 6.04 Å². The summed E-state index contributed by atoms with van der Waals surface area (Å²) in [6.07, 6.45) is 3.70. The van der Waals surface area contributed by atoms with Crippen molar-refractivity contribution < 1.29 is 0 Å². The van der Waals surface area contributed by atoms with Crippen molar-refractivity contribution in [2.24, 2.45) is 0 Å². The maximum absolute atomic E-state index is 5.85. The Labute approximate surface area is 93.5 Å². The Bertz CT molecular complexity index is 408. The van der Waals surface area contributed by atoms with Crippen molar-refractivity contribution in [3.05, 3.63) is 52.8 Å². The van der Waals surface area contributed by atoms with Crippen LogP contribution >= 0.6 is 11.6 Å². The average molecular weight is 222 g/mol. The van der Waals surface area contributed by atoms with Crippen LogP contribution < -0.4 is 5.32 Å². The largest absolute Gasteiger partial charge is 0.309 e. The molecule has 1 atom stereocenters. The predicted octanol–water partition coefficient (Wildman–Crippen LogP) is 2.37. The summed E-state index contributed by atoms with van der Waals surface area (Å²) in [5.41, 5.74) is 2.28. The summed E-state index contributed by atoms with van der Waals surface area (Å²) in [5, 5.41) is 10.7. The van der Waals surface area contributed by atoms with Crippen LogP contribution in [0.15, 0.2) is 36.7 Å². The molecule has 3 nitrogen and oxygen atoms in total. The maximum Gasteiger partial charge on any atom is 0.0605 e. The normalized spacial score (nSPS) is 12.7. The van der Waals surface area contributed by atoms with E-state index < -0.39 is 0 Å². The van der Waals surface area contributed by atoms with Crippen molar-refractivity contribution in [1.82, 2.24) is 15.5 Å². The van der Waals surface area contributed by atoms with Gasteiger partial charge in [-0.15, -0.1) is 0 Å². The number of aromatic amines is 1. The van der Waals surface area contributed by atoms with E-state index in [0.717, 1.165) is 10.6 Å². The molecule has 0 amide bonds. The summed E-state index contributed by atoms with van der Waals surface area (Å²) in [6, 6.07) is 7.95. The Morgan fingerprint density at radius 2 is 2.00 bits per heavy atom. The topological polar surface area (TPSA) is 40.7 Å². The molecular weight excluding hydrogens is 210 g/mol. The maximum atomic E-state index is 5.85. The van der Waals surface area contributed by atoms with Crippen LogP contribution in [0.2, 0.25) is 5.02 Å². The van der Waals surface area contributed by atoms with Crippen LogP contribution in [0.4, 0.5) is 0 Å². The number of hydrogen-bond donors (Lipinski definition) is 2. The van der Waals surface area contributed by atoms with Crippen LogP contribution in [-0.2, 0) is 0 Å². The summed E-state index contributed by atoms with van der Waals surface area (Å²) >= 11 is 5.85. The molecule has 0 saturated carbocycles. The fourth-order valence-corrected chi connectivity index (χ4v) is 1.73. The minimum Gasteiger partial charge on any atom is -0.309 e. The lowest BCUT2D eigenvalue weighted by Crippen LogP contribution is -2.16. The number of H-pyrrole nitrogens is 1. The summed E-state index contributed by atoms with van der Waals surface area (Å²) < 4.78 is 0. The van der Waals surface area contributed by atoms with E-state index in [1.165, 1.54) is 5.56 Å². The molecule has 4 heteroatoms. The molecular formula is C11H12ClN3. The van der Waals surface area contributed by atoms with E-state index >= 15 is 0 Å². The Kier molecular flexibility index (Phi) is 3.04. The minimum absolute atomic E-state index is 0.154. The zero-order valence-electron chi connectivity index (χ0n) is 8.37. The number of aromatic nitrogens is 2. The zero-order valence-corrected chi connectivity index (χ0v) is 9.12. The molecule has 0 radical (unpaired) electrons. The van der Waals surface area contributed by atoms with Crippen molar-refractivity contribution in [2.45, 2.75) is 6.04 Å². The first-order chi connectivity index (χ1) is 7.31. The molecule has 0 aliphatic heterocycles. The molecule has 2 aromatic rings. The van der Waals surface area contributed by atoms with Gasteiger partial charge in [0.1, 0.15) is 0 Å². The Balaban J connectivity index is 2.31. The lowest BCUT2D eigenvalue weighted by Gasteiger charge is -2.14. The highest BCUT2D eigenvalue weighted by Crippen LogP contribution is 2.21. The lowest BCUT2D eigenvalue weighted by atomic mass is 10.0. The first-order valence-electron chi connectivity index (χ1n) is 4.72. The fraction of sp³-hybridized carbons (Fsp3) is 0.182. The number of hydrogen-bond acceptors (Lipinski definition) is 2. The third-order valence-electron chi connectivity index (χ3n) is 2.34. The van der Waals surface area contributed by atoms with E-state index in [1.54, 1.807) is 0 Å². The van der Waals surface area contributed by atoms with Gasteiger partial charge in [-0.05, 0) is 24.7 Å². The van der Waals surface area contributed by atoms with Gasteiger partial charge in [0.25, 0.3) is 0 Å². The summed E-state index contributed by atoms with van der Waals surface area (Å²) in [5.74, 6) is 0. The summed E-state index contributed by atoms with van der Waals surface area (Å²) in [7, 11) is 1.92. The van der Waals surface area contributed by atoms with Gasteiger partial charge in [-0.3, -0.25) is 5.10 Å². The van der Waals surface area contributed by atoms with E-state index in [2.05, 4.69) is 15.5 Å². The van der Waals surface area contributed by atoms with Gasteiger partial charge in [-0.25, -0.2) is 0 Å². The molecule has 0 spiro atoms. The molecule has 2 N–H and O–H groups in total. The van der Waals surface area contributed by atoms with Crippen LogP contribution in [-0.4, -0.2) is 17.2 Å². The molecule has 0 saturated heterocycles. The molecule has 2 rings (SSSR count).